The zero-order valence-corrected chi connectivity index (χ0v) is 13.6. The largest absolute Gasteiger partial charge is 0.398 e. The standard InChI is InChI=1S/C11H11BrFN3O2S2/c1-6-15-4-7(19-6)5-16-20(17,18)11-2-8(12)9(13)3-10(11)14/h2-4,16H,5,14H2,1H3. The Kier molecular flexibility index (Phi) is 4.43. The second-order valence-electron chi connectivity index (χ2n) is 3.97. The summed E-state index contributed by atoms with van der Waals surface area (Å²) in [6, 6.07) is 2.11. The van der Waals surface area contributed by atoms with Gasteiger partial charge < -0.3 is 5.73 Å². The highest BCUT2D eigenvalue weighted by molar-refractivity contribution is 9.10. The first-order valence-corrected chi connectivity index (χ1v) is 8.54. The Bertz CT molecular complexity index is 746. The van der Waals surface area contributed by atoms with Gasteiger partial charge in [0.05, 0.1) is 15.2 Å². The first-order chi connectivity index (χ1) is 9.29. The van der Waals surface area contributed by atoms with Crippen LogP contribution >= 0.6 is 27.3 Å². The molecular formula is C11H11BrFN3O2S2. The Morgan fingerprint density at radius 2 is 2.20 bits per heavy atom. The van der Waals surface area contributed by atoms with E-state index in [4.69, 9.17) is 5.73 Å². The molecule has 20 heavy (non-hydrogen) atoms. The van der Waals surface area contributed by atoms with E-state index in [1.54, 1.807) is 6.20 Å². The van der Waals surface area contributed by atoms with Crippen LogP contribution in [0, 0.1) is 12.7 Å². The van der Waals surface area contributed by atoms with Crippen LogP contribution in [0.25, 0.3) is 0 Å². The molecule has 0 spiro atoms. The molecular weight excluding hydrogens is 369 g/mol. The lowest BCUT2D eigenvalue weighted by molar-refractivity contribution is 0.581. The first-order valence-electron chi connectivity index (χ1n) is 5.45. The average molecular weight is 380 g/mol. The van der Waals surface area contributed by atoms with Crippen molar-refractivity contribution in [3.63, 3.8) is 0 Å². The molecule has 0 unspecified atom stereocenters. The number of anilines is 1. The summed E-state index contributed by atoms with van der Waals surface area (Å²) in [6.45, 7) is 1.94. The Morgan fingerprint density at radius 3 is 2.80 bits per heavy atom. The quantitative estimate of drug-likeness (QED) is 0.798. The van der Waals surface area contributed by atoms with Crippen molar-refractivity contribution in [3.05, 3.63) is 38.5 Å². The van der Waals surface area contributed by atoms with E-state index in [1.165, 1.54) is 11.3 Å². The summed E-state index contributed by atoms with van der Waals surface area (Å²) in [5.41, 5.74) is 5.42. The molecule has 0 aliphatic heterocycles. The van der Waals surface area contributed by atoms with Crippen molar-refractivity contribution >= 4 is 43.0 Å². The number of thiazole rings is 1. The van der Waals surface area contributed by atoms with E-state index < -0.39 is 15.8 Å². The Hall–Kier alpha value is -1.03. The number of nitrogens with zero attached hydrogens (tertiary/aromatic N) is 1. The Balaban J connectivity index is 2.24. The van der Waals surface area contributed by atoms with Gasteiger partial charge in [-0.2, -0.15) is 0 Å². The van der Waals surface area contributed by atoms with E-state index in [9.17, 15) is 12.8 Å². The molecule has 1 aromatic heterocycles. The number of sulfonamides is 1. The lowest BCUT2D eigenvalue weighted by atomic mass is 10.3. The van der Waals surface area contributed by atoms with Gasteiger partial charge in [-0.15, -0.1) is 11.3 Å². The minimum atomic E-state index is -3.81. The molecule has 108 valence electrons. The van der Waals surface area contributed by atoms with Crippen molar-refractivity contribution < 1.29 is 12.8 Å². The van der Waals surface area contributed by atoms with Crippen molar-refractivity contribution in [2.45, 2.75) is 18.4 Å². The number of hydrogen-bond donors (Lipinski definition) is 2. The van der Waals surface area contributed by atoms with E-state index >= 15 is 0 Å². The molecule has 0 amide bonds. The van der Waals surface area contributed by atoms with Crippen LogP contribution in [0.2, 0.25) is 0 Å². The van der Waals surface area contributed by atoms with Crippen LogP contribution in [0.15, 0.2) is 27.7 Å². The second-order valence-corrected chi connectivity index (χ2v) is 7.88. The molecule has 0 atom stereocenters. The van der Waals surface area contributed by atoms with Crippen molar-refractivity contribution in [3.8, 4) is 0 Å². The monoisotopic (exact) mass is 379 g/mol. The molecule has 0 saturated heterocycles. The van der Waals surface area contributed by atoms with Gasteiger partial charge in [0, 0.05) is 17.6 Å². The van der Waals surface area contributed by atoms with Gasteiger partial charge in [-0.05, 0) is 35.0 Å². The zero-order chi connectivity index (χ0) is 14.9. The van der Waals surface area contributed by atoms with Crippen molar-refractivity contribution in [2.24, 2.45) is 0 Å². The summed E-state index contributed by atoms with van der Waals surface area (Å²) in [5, 5.41) is 0.850. The van der Waals surface area contributed by atoms with Gasteiger partial charge in [-0.1, -0.05) is 0 Å². The highest BCUT2D eigenvalue weighted by Gasteiger charge is 2.19. The molecule has 2 rings (SSSR count). The van der Waals surface area contributed by atoms with Gasteiger partial charge in [0.2, 0.25) is 10.0 Å². The number of nitrogens with one attached hydrogen (secondary N) is 1. The molecule has 1 heterocycles. The maximum Gasteiger partial charge on any atom is 0.242 e. The highest BCUT2D eigenvalue weighted by Crippen LogP contribution is 2.26. The topological polar surface area (TPSA) is 85.1 Å². The lowest BCUT2D eigenvalue weighted by Gasteiger charge is -2.09. The molecule has 0 aliphatic carbocycles. The van der Waals surface area contributed by atoms with E-state index in [0.29, 0.717) is 0 Å². The molecule has 0 bridgehead atoms. The van der Waals surface area contributed by atoms with E-state index in [0.717, 1.165) is 22.0 Å². The molecule has 0 radical (unpaired) electrons. The van der Waals surface area contributed by atoms with Crippen molar-refractivity contribution in [2.75, 3.05) is 5.73 Å². The number of aryl methyl sites for hydroxylation is 1. The molecule has 9 heteroatoms. The molecule has 0 aliphatic rings. The number of halogens is 2. The summed E-state index contributed by atoms with van der Waals surface area (Å²) < 4.78 is 40.0. The first kappa shape index (κ1) is 15.4. The lowest BCUT2D eigenvalue weighted by Crippen LogP contribution is -2.24. The summed E-state index contributed by atoms with van der Waals surface area (Å²) in [4.78, 5) is 4.66. The third kappa shape index (κ3) is 3.35. The van der Waals surface area contributed by atoms with Crippen LogP contribution < -0.4 is 10.5 Å². The van der Waals surface area contributed by atoms with Crippen LogP contribution in [0.5, 0.6) is 0 Å². The van der Waals surface area contributed by atoms with Crippen molar-refractivity contribution in [1.82, 2.24) is 9.71 Å². The van der Waals surface area contributed by atoms with Crippen LogP contribution in [-0.2, 0) is 16.6 Å². The molecule has 0 saturated carbocycles. The Labute approximate surface area is 128 Å². The van der Waals surface area contributed by atoms with Gasteiger partial charge >= 0.3 is 0 Å². The predicted molar refractivity (Wildman–Crippen MR) is 79.4 cm³/mol. The molecule has 0 fully saturated rings. The second kappa shape index (κ2) is 5.76. The SMILES string of the molecule is Cc1ncc(CNS(=O)(=O)c2cc(Br)c(F)cc2N)s1. The summed E-state index contributed by atoms with van der Waals surface area (Å²) in [7, 11) is -3.81. The number of nitrogens with two attached hydrogens (primary N) is 1. The number of rotatable bonds is 4. The van der Waals surface area contributed by atoms with Crippen LogP contribution in [0.4, 0.5) is 10.1 Å². The number of hydrogen-bond acceptors (Lipinski definition) is 5. The maximum atomic E-state index is 13.3. The predicted octanol–water partition coefficient (Wildman–Crippen LogP) is 2.41. The Morgan fingerprint density at radius 1 is 1.50 bits per heavy atom. The third-order valence-corrected chi connectivity index (χ3v) is 5.43. The van der Waals surface area contributed by atoms with Gasteiger partial charge in [0.15, 0.2) is 0 Å². The number of aromatic nitrogens is 1. The minimum Gasteiger partial charge on any atom is -0.398 e. The van der Waals surface area contributed by atoms with E-state index in [1.807, 2.05) is 6.92 Å². The van der Waals surface area contributed by atoms with Crippen LogP contribution in [0.1, 0.15) is 9.88 Å². The zero-order valence-electron chi connectivity index (χ0n) is 10.4. The van der Waals surface area contributed by atoms with Crippen LogP contribution in [0.3, 0.4) is 0 Å². The molecule has 1 aromatic carbocycles. The molecule has 3 N–H and O–H groups in total. The van der Waals surface area contributed by atoms with E-state index in [2.05, 4.69) is 25.6 Å². The fourth-order valence-corrected chi connectivity index (χ4v) is 3.97. The van der Waals surface area contributed by atoms with Crippen LogP contribution in [-0.4, -0.2) is 13.4 Å². The highest BCUT2D eigenvalue weighted by atomic mass is 79.9. The maximum absolute atomic E-state index is 13.3. The molecule has 5 nitrogen and oxygen atoms in total. The normalized spacial score (nSPS) is 11.8. The number of nitrogen functional groups attached to an aromatic ring is 1. The number of benzene rings is 1. The van der Waals surface area contributed by atoms with Gasteiger partial charge in [-0.3, -0.25) is 0 Å². The molecule has 2 aromatic rings. The minimum absolute atomic E-state index is 0.0423. The third-order valence-electron chi connectivity index (χ3n) is 2.45. The summed E-state index contributed by atoms with van der Waals surface area (Å²) in [6.07, 6.45) is 1.60. The summed E-state index contributed by atoms with van der Waals surface area (Å²) >= 11 is 4.34. The smallest absolute Gasteiger partial charge is 0.242 e. The van der Waals surface area contributed by atoms with E-state index in [-0.39, 0.29) is 21.6 Å². The van der Waals surface area contributed by atoms with Crippen molar-refractivity contribution in [1.29, 1.82) is 0 Å². The fraction of sp³-hybridized carbons (Fsp3) is 0.182. The average Bonchev–Trinajstić information content (AvgIpc) is 2.77. The fourth-order valence-electron chi connectivity index (χ4n) is 1.51. The summed E-state index contributed by atoms with van der Waals surface area (Å²) in [5.74, 6) is -0.612. The van der Waals surface area contributed by atoms with Gasteiger partial charge in [-0.25, -0.2) is 22.5 Å². The van der Waals surface area contributed by atoms with Gasteiger partial charge in [0.1, 0.15) is 10.7 Å². The van der Waals surface area contributed by atoms with Gasteiger partial charge in [0.25, 0.3) is 0 Å².